The van der Waals surface area contributed by atoms with Gasteiger partial charge in [0.2, 0.25) is 0 Å². The maximum Gasteiger partial charge on any atom is 0.273 e. The number of anilines is 1. The smallest absolute Gasteiger partial charge is 0.273 e. The molecule has 1 aliphatic rings. The Morgan fingerprint density at radius 3 is 2.93 bits per heavy atom. The number of rotatable bonds is 6. The van der Waals surface area contributed by atoms with Crippen LogP contribution >= 0.6 is 0 Å². The number of aryl methyl sites for hydroxylation is 1. The predicted octanol–water partition coefficient (Wildman–Crippen LogP) is 2.79. The molecule has 1 atom stereocenters. The van der Waals surface area contributed by atoms with Gasteiger partial charge in [-0.25, -0.2) is 4.68 Å². The molecule has 8 heteroatoms. The van der Waals surface area contributed by atoms with Crippen LogP contribution in [0.2, 0.25) is 0 Å². The van der Waals surface area contributed by atoms with Crippen LogP contribution in [0.3, 0.4) is 0 Å². The molecule has 1 aromatic heterocycles. The third kappa shape index (κ3) is 4.75. The zero-order valence-electron chi connectivity index (χ0n) is 15.8. The van der Waals surface area contributed by atoms with E-state index in [0.717, 1.165) is 24.8 Å². The number of carbonyl (C=O) groups excluding carboxylic acids is 2. The van der Waals surface area contributed by atoms with Crippen molar-refractivity contribution in [3.05, 3.63) is 47.3 Å². The summed E-state index contributed by atoms with van der Waals surface area (Å²) >= 11 is 0. The molecule has 2 aromatic rings. The molecular formula is C20H23N5O3. The fourth-order valence-electron chi connectivity index (χ4n) is 3.03. The van der Waals surface area contributed by atoms with Crippen molar-refractivity contribution >= 4 is 17.5 Å². The van der Waals surface area contributed by atoms with Gasteiger partial charge in [0, 0.05) is 18.7 Å². The molecule has 0 spiro atoms. The number of carbonyl (C=O) groups is 2. The van der Waals surface area contributed by atoms with E-state index in [2.05, 4.69) is 15.7 Å². The first-order chi connectivity index (χ1) is 13.6. The SMILES string of the molecule is Cc1cccc(C(=O)Nc2cn(C3CCCCO3)nc2C(=O)NCCC#N)c1. The fraction of sp³-hybridized carbons (Fsp3) is 0.400. The second-order valence-electron chi connectivity index (χ2n) is 6.68. The topological polar surface area (TPSA) is 109 Å². The molecule has 2 N–H and O–H groups in total. The molecule has 2 heterocycles. The van der Waals surface area contributed by atoms with Crippen molar-refractivity contribution in [3.63, 3.8) is 0 Å². The van der Waals surface area contributed by atoms with Gasteiger partial charge in [-0.15, -0.1) is 0 Å². The van der Waals surface area contributed by atoms with Gasteiger partial charge in [0.15, 0.2) is 5.69 Å². The van der Waals surface area contributed by atoms with E-state index in [0.29, 0.717) is 17.9 Å². The van der Waals surface area contributed by atoms with Crippen LogP contribution in [-0.2, 0) is 4.74 Å². The molecule has 8 nitrogen and oxygen atoms in total. The minimum atomic E-state index is -0.440. The number of nitrogens with one attached hydrogen (secondary N) is 2. The standard InChI is InChI=1S/C20H23N5O3/c1-14-6-4-7-15(12-14)19(26)23-16-13-25(17-8-2-3-11-28-17)24-18(16)20(27)22-10-5-9-21/h4,6-7,12-13,17H,2-3,5,8,10-11H2,1H3,(H,22,27)(H,23,26). The van der Waals surface area contributed by atoms with E-state index in [1.807, 2.05) is 19.1 Å². The highest BCUT2D eigenvalue weighted by Gasteiger charge is 2.23. The number of amides is 2. The largest absolute Gasteiger partial charge is 0.357 e. The summed E-state index contributed by atoms with van der Waals surface area (Å²) in [6.07, 6.45) is 4.37. The van der Waals surface area contributed by atoms with Crippen molar-refractivity contribution in [2.45, 2.75) is 38.8 Å². The number of hydrogen-bond donors (Lipinski definition) is 2. The number of nitriles is 1. The maximum absolute atomic E-state index is 12.6. The Bertz CT molecular complexity index is 893. The van der Waals surface area contributed by atoms with Crippen molar-refractivity contribution in [1.82, 2.24) is 15.1 Å². The molecule has 1 aliphatic heterocycles. The number of benzene rings is 1. The Kier molecular flexibility index (Phi) is 6.40. The predicted molar refractivity (Wildman–Crippen MR) is 103 cm³/mol. The Morgan fingerprint density at radius 2 is 2.21 bits per heavy atom. The van der Waals surface area contributed by atoms with Crippen LogP contribution in [0.15, 0.2) is 30.5 Å². The third-order valence-electron chi connectivity index (χ3n) is 4.45. The van der Waals surface area contributed by atoms with Gasteiger partial charge >= 0.3 is 0 Å². The third-order valence-corrected chi connectivity index (χ3v) is 4.45. The van der Waals surface area contributed by atoms with Crippen molar-refractivity contribution in [1.29, 1.82) is 5.26 Å². The number of aromatic nitrogens is 2. The minimum absolute atomic E-state index is 0.105. The van der Waals surface area contributed by atoms with Crippen LogP contribution in [0, 0.1) is 18.3 Å². The van der Waals surface area contributed by atoms with E-state index in [-0.39, 0.29) is 30.8 Å². The van der Waals surface area contributed by atoms with E-state index < -0.39 is 5.91 Å². The summed E-state index contributed by atoms with van der Waals surface area (Å²) in [5.41, 5.74) is 1.88. The monoisotopic (exact) mass is 381 g/mol. The Morgan fingerprint density at radius 1 is 1.36 bits per heavy atom. The van der Waals surface area contributed by atoms with Crippen LogP contribution in [0.5, 0.6) is 0 Å². The molecule has 1 saturated heterocycles. The highest BCUT2D eigenvalue weighted by atomic mass is 16.5. The number of ether oxygens (including phenoxy) is 1. The van der Waals surface area contributed by atoms with Crippen molar-refractivity contribution in [2.75, 3.05) is 18.5 Å². The molecule has 0 saturated carbocycles. The molecule has 0 aliphatic carbocycles. The fourth-order valence-corrected chi connectivity index (χ4v) is 3.03. The first kappa shape index (κ1) is 19.6. The Balaban J connectivity index is 1.84. The molecule has 146 valence electrons. The molecule has 0 radical (unpaired) electrons. The highest BCUT2D eigenvalue weighted by molar-refractivity contribution is 6.08. The van der Waals surface area contributed by atoms with E-state index in [9.17, 15) is 9.59 Å². The molecule has 0 bridgehead atoms. The molecule has 28 heavy (non-hydrogen) atoms. The van der Waals surface area contributed by atoms with Crippen molar-refractivity contribution < 1.29 is 14.3 Å². The van der Waals surface area contributed by atoms with E-state index in [1.165, 1.54) is 0 Å². The van der Waals surface area contributed by atoms with Gasteiger partial charge in [-0.2, -0.15) is 10.4 Å². The maximum atomic E-state index is 12.6. The summed E-state index contributed by atoms with van der Waals surface area (Å²) in [6, 6.07) is 9.17. The van der Waals surface area contributed by atoms with Gasteiger partial charge < -0.3 is 15.4 Å². The summed E-state index contributed by atoms with van der Waals surface area (Å²) in [7, 11) is 0. The van der Waals surface area contributed by atoms with Crippen molar-refractivity contribution in [2.24, 2.45) is 0 Å². The zero-order valence-corrected chi connectivity index (χ0v) is 15.8. The minimum Gasteiger partial charge on any atom is -0.357 e. The first-order valence-electron chi connectivity index (χ1n) is 9.32. The van der Waals surface area contributed by atoms with E-state index in [4.69, 9.17) is 10.00 Å². The molecule has 2 amide bonds. The average molecular weight is 381 g/mol. The summed E-state index contributed by atoms with van der Waals surface area (Å²) in [5, 5.41) is 18.4. The molecule has 1 unspecified atom stereocenters. The normalized spacial score (nSPS) is 16.2. The van der Waals surface area contributed by atoms with Crippen molar-refractivity contribution in [3.8, 4) is 6.07 Å². The number of nitrogens with zero attached hydrogens (tertiary/aromatic N) is 3. The second kappa shape index (κ2) is 9.15. The lowest BCUT2D eigenvalue weighted by Gasteiger charge is -2.22. The summed E-state index contributed by atoms with van der Waals surface area (Å²) in [5.74, 6) is -0.761. The van der Waals surface area contributed by atoms with Gasteiger partial charge in [0.1, 0.15) is 6.23 Å². The summed E-state index contributed by atoms with van der Waals surface area (Å²) in [4.78, 5) is 25.2. The first-order valence-corrected chi connectivity index (χ1v) is 9.32. The van der Waals surface area contributed by atoms with Crippen LogP contribution in [0.4, 0.5) is 5.69 Å². The summed E-state index contributed by atoms with van der Waals surface area (Å²) in [6.45, 7) is 2.76. The van der Waals surface area contributed by atoms with E-state index >= 15 is 0 Å². The lowest BCUT2D eigenvalue weighted by molar-refractivity contribution is -0.0395. The molecule has 1 fully saturated rings. The van der Waals surface area contributed by atoms with E-state index in [1.54, 1.807) is 29.1 Å². The van der Waals surface area contributed by atoms with Crippen LogP contribution < -0.4 is 10.6 Å². The van der Waals surface area contributed by atoms with Gasteiger partial charge in [-0.1, -0.05) is 17.7 Å². The van der Waals surface area contributed by atoms with Gasteiger partial charge in [0.25, 0.3) is 11.8 Å². The van der Waals surface area contributed by atoms with Crippen LogP contribution in [0.1, 0.15) is 58.3 Å². The number of hydrogen-bond acceptors (Lipinski definition) is 5. The highest BCUT2D eigenvalue weighted by Crippen LogP contribution is 2.25. The zero-order chi connectivity index (χ0) is 19.9. The Hall–Kier alpha value is -3.18. The summed E-state index contributed by atoms with van der Waals surface area (Å²) < 4.78 is 7.32. The van der Waals surface area contributed by atoms with Crippen LogP contribution in [0.25, 0.3) is 0 Å². The Labute approximate surface area is 163 Å². The molecule has 1 aromatic carbocycles. The lowest BCUT2D eigenvalue weighted by atomic mass is 10.1. The second-order valence-corrected chi connectivity index (χ2v) is 6.68. The van der Waals surface area contributed by atoms with Gasteiger partial charge in [-0.3, -0.25) is 9.59 Å². The quantitative estimate of drug-likeness (QED) is 0.748. The molecular weight excluding hydrogens is 358 g/mol. The average Bonchev–Trinajstić information content (AvgIpc) is 3.12. The van der Waals surface area contributed by atoms with Crippen LogP contribution in [-0.4, -0.2) is 34.7 Å². The van der Waals surface area contributed by atoms with Gasteiger partial charge in [-0.05, 0) is 38.3 Å². The lowest BCUT2D eigenvalue weighted by Crippen LogP contribution is -2.26. The van der Waals surface area contributed by atoms with Gasteiger partial charge in [0.05, 0.1) is 24.4 Å². The molecule has 3 rings (SSSR count).